The molecule has 0 saturated carbocycles. The summed E-state index contributed by atoms with van der Waals surface area (Å²) in [6, 6.07) is 6.35. The molecule has 20 heavy (non-hydrogen) atoms. The molecule has 0 saturated heterocycles. The van der Waals surface area contributed by atoms with Crippen LogP contribution in [0.1, 0.15) is 0 Å². The number of hydrogen-bond donors (Lipinski definition) is 1. The minimum atomic E-state index is -3.82. The summed E-state index contributed by atoms with van der Waals surface area (Å²) in [4.78, 5) is 3.68. The molecule has 1 aromatic carbocycles. The Morgan fingerprint density at radius 3 is 2.30 bits per heavy atom. The van der Waals surface area contributed by atoms with E-state index in [1.54, 1.807) is 12.1 Å². The summed E-state index contributed by atoms with van der Waals surface area (Å²) < 4.78 is 29.1. The molecular weight excluding hydrogens is 499 g/mol. The van der Waals surface area contributed by atoms with Gasteiger partial charge < -0.3 is 0 Å². The Balaban J connectivity index is 2.47. The van der Waals surface area contributed by atoms with Gasteiger partial charge in [0.15, 0.2) is 0 Å². The zero-order valence-corrected chi connectivity index (χ0v) is 15.9. The number of pyridine rings is 1. The predicted octanol–water partition coefficient (Wildman–Crippen LogP) is 4.82. The molecule has 4 nitrogen and oxygen atoms in total. The van der Waals surface area contributed by atoms with Gasteiger partial charge in [0.1, 0.15) is 10.0 Å². The maximum Gasteiger partial charge on any atom is 0.265 e. The lowest BCUT2D eigenvalue weighted by Crippen LogP contribution is -2.14. The van der Waals surface area contributed by atoms with Gasteiger partial charge >= 0.3 is 0 Å². The highest BCUT2D eigenvalue weighted by Gasteiger charge is 2.21. The third kappa shape index (κ3) is 3.54. The Labute approximate surface area is 146 Å². The predicted molar refractivity (Wildman–Crippen MR) is 89.6 cm³/mol. The van der Waals surface area contributed by atoms with Crippen LogP contribution in [0.4, 0.5) is 5.69 Å². The average Bonchev–Trinajstić information content (AvgIpc) is 2.34. The van der Waals surface area contributed by atoms with E-state index in [0.29, 0.717) is 14.6 Å². The highest BCUT2D eigenvalue weighted by atomic mass is 79.9. The molecule has 0 amide bonds. The van der Waals surface area contributed by atoms with E-state index in [0.717, 1.165) is 4.47 Å². The molecule has 0 atom stereocenters. The van der Waals surface area contributed by atoms with Crippen LogP contribution >= 0.6 is 59.4 Å². The molecule has 0 bridgehead atoms. The van der Waals surface area contributed by atoms with E-state index in [1.165, 1.54) is 18.3 Å². The second-order valence-electron chi connectivity index (χ2n) is 3.64. The van der Waals surface area contributed by atoms with Crippen molar-refractivity contribution >= 4 is 75.1 Å². The quantitative estimate of drug-likeness (QED) is 0.609. The first-order valence-electron chi connectivity index (χ1n) is 5.09. The zero-order chi connectivity index (χ0) is 14.9. The fourth-order valence-electron chi connectivity index (χ4n) is 1.40. The maximum absolute atomic E-state index is 12.3. The second kappa shape index (κ2) is 6.31. The number of halogens is 4. The van der Waals surface area contributed by atoms with Crippen molar-refractivity contribution in [2.45, 2.75) is 4.90 Å². The van der Waals surface area contributed by atoms with Crippen LogP contribution in [-0.4, -0.2) is 13.4 Å². The lowest BCUT2D eigenvalue weighted by molar-refractivity contribution is 0.601. The van der Waals surface area contributed by atoms with Crippen LogP contribution in [0, 0.1) is 0 Å². The van der Waals surface area contributed by atoms with Gasteiger partial charge in [-0.3, -0.25) is 4.72 Å². The molecule has 0 radical (unpaired) electrons. The van der Waals surface area contributed by atoms with Gasteiger partial charge in [-0.1, -0.05) is 27.5 Å². The van der Waals surface area contributed by atoms with E-state index in [-0.39, 0.29) is 10.0 Å². The Bertz CT molecular complexity index is 745. The minimum Gasteiger partial charge on any atom is -0.277 e. The number of sulfonamides is 1. The van der Waals surface area contributed by atoms with Gasteiger partial charge in [-0.15, -0.1) is 0 Å². The number of aromatic nitrogens is 1. The number of hydrogen-bond acceptors (Lipinski definition) is 3. The molecule has 9 heteroatoms. The van der Waals surface area contributed by atoms with Gasteiger partial charge in [0.25, 0.3) is 10.0 Å². The normalized spacial score (nSPS) is 11.4. The van der Waals surface area contributed by atoms with E-state index >= 15 is 0 Å². The molecule has 106 valence electrons. The van der Waals surface area contributed by atoms with E-state index < -0.39 is 10.0 Å². The summed E-state index contributed by atoms with van der Waals surface area (Å²) in [5.74, 6) is 0. The Morgan fingerprint density at radius 2 is 1.75 bits per heavy atom. The topological polar surface area (TPSA) is 59.1 Å². The second-order valence-corrected chi connectivity index (χ2v) is 8.28. The van der Waals surface area contributed by atoms with E-state index in [9.17, 15) is 8.42 Å². The Morgan fingerprint density at radius 1 is 1.15 bits per heavy atom. The molecule has 0 aliphatic carbocycles. The fourth-order valence-corrected chi connectivity index (χ4v) is 5.67. The smallest absolute Gasteiger partial charge is 0.265 e. The number of nitrogens with zero attached hydrogens (tertiary/aromatic N) is 1. The van der Waals surface area contributed by atoms with Crippen molar-refractivity contribution in [3.8, 4) is 0 Å². The van der Waals surface area contributed by atoms with Crippen LogP contribution in [0.2, 0.25) is 5.15 Å². The van der Waals surface area contributed by atoms with Gasteiger partial charge in [0, 0.05) is 19.6 Å². The van der Waals surface area contributed by atoms with Crippen LogP contribution in [-0.2, 0) is 10.0 Å². The van der Waals surface area contributed by atoms with E-state index in [4.69, 9.17) is 11.6 Å². The molecule has 2 rings (SSSR count). The van der Waals surface area contributed by atoms with Crippen molar-refractivity contribution in [3.05, 3.63) is 49.0 Å². The Hall–Kier alpha value is -0.150. The lowest BCUT2D eigenvalue weighted by Gasteiger charge is -2.12. The number of nitrogens with one attached hydrogen (secondary N) is 1. The summed E-state index contributed by atoms with van der Waals surface area (Å²) in [7, 11) is -3.82. The first-order valence-corrected chi connectivity index (χ1v) is 9.33. The van der Waals surface area contributed by atoms with Crippen molar-refractivity contribution in [1.82, 2.24) is 4.98 Å². The number of anilines is 1. The van der Waals surface area contributed by atoms with Crippen LogP contribution in [0.3, 0.4) is 0 Å². The van der Waals surface area contributed by atoms with Crippen molar-refractivity contribution in [2.24, 2.45) is 0 Å². The highest BCUT2D eigenvalue weighted by Crippen LogP contribution is 2.36. The Kier molecular flexibility index (Phi) is 5.12. The SMILES string of the molecule is O=S(=O)(Nc1c(Br)cc(Br)cc1Br)c1cccnc1Cl. The van der Waals surface area contributed by atoms with Crippen molar-refractivity contribution < 1.29 is 8.42 Å². The monoisotopic (exact) mass is 502 g/mol. The van der Waals surface area contributed by atoms with E-state index in [1.807, 2.05) is 0 Å². The van der Waals surface area contributed by atoms with Gasteiger partial charge in [0.05, 0.1) is 5.69 Å². The standard InChI is InChI=1S/C11H6Br3ClN2O2S/c12-6-4-7(13)10(8(14)5-6)17-20(18,19)9-2-1-3-16-11(9)15/h1-5,17H. The summed E-state index contributed by atoms with van der Waals surface area (Å²) in [5.41, 5.74) is 0.383. The van der Waals surface area contributed by atoms with Gasteiger partial charge in [-0.2, -0.15) is 0 Å². The minimum absolute atomic E-state index is 0.0793. The van der Waals surface area contributed by atoms with Gasteiger partial charge in [-0.05, 0) is 56.1 Å². The largest absolute Gasteiger partial charge is 0.277 e. The highest BCUT2D eigenvalue weighted by molar-refractivity contribution is 9.11. The third-order valence-electron chi connectivity index (χ3n) is 2.26. The fraction of sp³-hybridized carbons (Fsp3) is 0. The summed E-state index contributed by atoms with van der Waals surface area (Å²) in [6.07, 6.45) is 1.42. The molecular formula is C11H6Br3ClN2O2S. The van der Waals surface area contributed by atoms with Crippen LogP contribution in [0.15, 0.2) is 48.8 Å². The van der Waals surface area contributed by atoms with Gasteiger partial charge in [-0.25, -0.2) is 13.4 Å². The average molecular weight is 505 g/mol. The van der Waals surface area contributed by atoms with Crippen molar-refractivity contribution in [2.75, 3.05) is 4.72 Å². The van der Waals surface area contributed by atoms with Crippen LogP contribution < -0.4 is 4.72 Å². The molecule has 2 aromatic rings. The number of rotatable bonds is 3. The summed E-state index contributed by atoms with van der Waals surface area (Å²) in [6.45, 7) is 0. The molecule has 0 aliphatic rings. The first-order chi connectivity index (χ1) is 9.31. The van der Waals surface area contributed by atoms with Crippen molar-refractivity contribution in [3.63, 3.8) is 0 Å². The van der Waals surface area contributed by atoms with Gasteiger partial charge in [0.2, 0.25) is 0 Å². The molecule has 1 heterocycles. The van der Waals surface area contributed by atoms with Crippen LogP contribution in [0.5, 0.6) is 0 Å². The molecule has 0 aliphatic heterocycles. The van der Waals surface area contributed by atoms with Crippen molar-refractivity contribution in [1.29, 1.82) is 0 Å². The number of benzene rings is 1. The zero-order valence-electron chi connectivity index (χ0n) is 9.57. The molecule has 0 spiro atoms. The van der Waals surface area contributed by atoms with Crippen LogP contribution in [0.25, 0.3) is 0 Å². The summed E-state index contributed by atoms with van der Waals surface area (Å²) in [5, 5.41) is -0.0793. The maximum atomic E-state index is 12.3. The first kappa shape index (κ1) is 16.2. The lowest BCUT2D eigenvalue weighted by atomic mass is 10.3. The van der Waals surface area contributed by atoms with E-state index in [2.05, 4.69) is 57.5 Å². The molecule has 0 unspecified atom stereocenters. The molecule has 0 fully saturated rings. The molecule has 1 aromatic heterocycles. The summed E-state index contributed by atoms with van der Waals surface area (Å²) >= 11 is 15.7. The third-order valence-corrected chi connectivity index (χ3v) is 5.76. The molecule has 1 N–H and O–H groups in total.